The third-order valence-corrected chi connectivity index (χ3v) is 7.66. The predicted octanol–water partition coefficient (Wildman–Crippen LogP) is 5.50. The zero-order chi connectivity index (χ0) is 23.0. The molecule has 0 spiro atoms. The highest BCUT2D eigenvalue weighted by Gasteiger charge is 2.21. The zero-order valence-corrected chi connectivity index (χ0v) is 20.1. The number of hydrogen-bond donors (Lipinski definition) is 0. The number of nitriles is 1. The lowest BCUT2D eigenvalue weighted by molar-refractivity contribution is 0.102. The fourth-order valence-electron chi connectivity index (χ4n) is 3.88. The number of thiophene rings is 1. The van der Waals surface area contributed by atoms with Gasteiger partial charge in [0.05, 0.1) is 23.6 Å². The smallest absolute Gasteiger partial charge is 0.263 e. The number of benzene rings is 1. The Hall–Kier alpha value is -2.89. The van der Waals surface area contributed by atoms with Crippen molar-refractivity contribution in [3.05, 3.63) is 56.8 Å². The number of rotatable bonds is 7. The van der Waals surface area contributed by atoms with E-state index >= 15 is 0 Å². The molecule has 0 atom stereocenters. The molecule has 0 amide bonds. The lowest BCUT2D eigenvalue weighted by Gasteiger charge is -2.15. The van der Waals surface area contributed by atoms with Crippen molar-refractivity contribution in [3.8, 4) is 6.07 Å². The van der Waals surface area contributed by atoms with Crippen LogP contribution in [0.15, 0.2) is 40.4 Å². The van der Waals surface area contributed by atoms with E-state index in [4.69, 9.17) is 10.2 Å². The molecule has 0 saturated heterocycles. The molecule has 6 nitrogen and oxygen atoms in total. The Morgan fingerprint density at radius 1 is 1.28 bits per heavy atom. The Kier molecular flexibility index (Phi) is 6.22. The summed E-state index contributed by atoms with van der Waals surface area (Å²) in [4.78, 5) is 33.0. The quantitative estimate of drug-likeness (QED) is 0.205. The van der Waals surface area contributed by atoms with Gasteiger partial charge in [0.25, 0.3) is 5.56 Å². The number of carbonyl (C=O) groups excluding carboxylic acids is 1. The van der Waals surface area contributed by atoms with E-state index in [9.17, 15) is 9.59 Å². The summed E-state index contributed by atoms with van der Waals surface area (Å²) in [7, 11) is 0. The molecule has 4 aromatic rings. The number of nitrogens with zero attached hydrogens (tertiary/aromatic N) is 4. The van der Waals surface area contributed by atoms with Crippen molar-refractivity contribution in [2.45, 2.75) is 51.9 Å². The van der Waals surface area contributed by atoms with E-state index in [1.54, 1.807) is 4.57 Å². The Morgan fingerprint density at radius 2 is 2.03 bits per heavy atom. The maximum absolute atomic E-state index is 13.2. The third kappa shape index (κ3) is 3.87. The molecule has 0 N–H and O–H groups in total. The van der Waals surface area contributed by atoms with Crippen molar-refractivity contribution >= 4 is 50.0 Å². The predicted molar refractivity (Wildman–Crippen MR) is 131 cm³/mol. The molecule has 1 aromatic carbocycles. The van der Waals surface area contributed by atoms with Gasteiger partial charge in [-0.2, -0.15) is 5.26 Å². The van der Waals surface area contributed by atoms with Crippen LogP contribution in [0.25, 0.3) is 21.1 Å². The number of carbonyl (C=O) groups is 1. The second-order valence-electron chi connectivity index (χ2n) is 8.00. The number of hydrogen-bond acceptors (Lipinski definition) is 6. The van der Waals surface area contributed by atoms with Gasteiger partial charge in [0.15, 0.2) is 10.9 Å². The number of ketones is 1. The van der Waals surface area contributed by atoms with Gasteiger partial charge in [-0.25, -0.2) is 4.98 Å². The van der Waals surface area contributed by atoms with Crippen LogP contribution in [0.2, 0.25) is 0 Å². The molecule has 0 saturated carbocycles. The van der Waals surface area contributed by atoms with Gasteiger partial charge >= 0.3 is 0 Å². The summed E-state index contributed by atoms with van der Waals surface area (Å²) in [6, 6.07) is 9.83. The van der Waals surface area contributed by atoms with Gasteiger partial charge in [0.1, 0.15) is 4.83 Å². The Morgan fingerprint density at radius 3 is 2.75 bits per heavy atom. The highest BCUT2D eigenvalue weighted by Crippen LogP contribution is 2.30. The molecule has 164 valence electrons. The van der Waals surface area contributed by atoms with E-state index in [0.717, 1.165) is 26.2 Å². The van der Waals surface area contributed by atoms with Gasteiger partial charge in [0.2, 0.25) is 0 Å². The van der Waals surface area contributed by atoms with E-state index in [-0.39, 0.29) is 23.1 Å². The first-order valence-corrected chi connectivity index (χ1v) is 12.3. The van der Waals surface area contributed by atoms with Gasteiger partial charge in [-0.1, -0.05) is 30.0 Å². The summed E-state index contributed by atoms with van der Waals surface area (Å²) >= 11 is 2.82. The summed E-state index contributed by atoms with van der Waals surface area (Å²) in [6.07, 6.45) is 2.22. The van der Waals surface area contributed by atoms with Crippen LogP contribution < -0.4 is 5.56 Å². The number of Topliss-reactive ketones (excluding diaryl/α,β-unsaturated/α-hetero) is 1. The molecule has 0 aliphatic rings. The molecule has 8 heteroatoms. The molecule has 4 rings (SSSR count). The second kappa shape index (κ2) is 8.93. The summed E-state index contributed by atoms with van der Waals surface area (Å²) in [6.45, 7) is 8.41. The monoisotopic (exact) mass is 464 g/mol. The van der Waals surface area contributed by atoms with Crippen molar-refractivity contribution in [2.75, 3.05) is 5.75 Å². The van der Waals surface area contributed by atoms with Crippen molar-refractivity contribution in [1.29, 1.82) is 5.26 Å². The van der Waals surface area contributed by atoms with Crippen molar-refractivity contribution < 1.29 is 4.79 Å². The number of aryl methyl sites for hydroxylation is 3. The SMILES string of the molecule is Cc1sc2nc(SCC(=O)c3cn(CCC#N)c4ccccc34)n(C(C)C)c(=O)c2c1C. The molecule has 3 aromatic heterocycles. The first kappa shape index (κ1) is 22.3. The molecule has 0 unspecified atom stereocenters. The lowest BCUT2D eigenvalue weighted by Crippen LogP contribution is -2.25. The standard InChI is InChI=1S/C24H24N4O2S2/c1-14(2)28-23(30)21-15(3)16(4)32-22(21)26-24(28)31-13-20(29)18-12-27(11-7-10-25)19-9-6-5-8-17(18)19/h5-6,8-9,12,14H,7,11,13H2,1-4H3. The van der Waals surface area contributed by atoms with Crippen molar-refractivity contribution in [2.24, 2.45) is 0 Å². The lowest BCUT2D eigenvalue weighted by atomic mass is 10.1. The van der Waals surface area contributed by atoms with Crippen LogP contribution >= 0.6 is 23.1 Å². The molecule has 0 aliphatic carbocycles. The van der Waals surface area contributed by atoms with E-state index in [0.29, 0.717) is 29.1 Å². The molecular formula is C24H24N4O2S2. The number of aromatic nitrogens is 3. The fraction of sp³-hybridized carbons (Fsp3) is 0.333. The summed E-state index contributed by atoms with van der Waals surface area (Å²) in [5.41, 5.74) is 2.51. The minimum Gasteiger partial charge on any atom is -0.346 e. The fourth-order valence-corrected chi connectivity index (χ4v) is 5.96. The van der Waals surface area contributed by atoms with Crippen molar-refractivity contribution in [3.63, 3.8) is 0 Å². The first-order valence-electron chi connectivity index (χ1n) is 10.5. The van der Waals surface area contributed by atoms with Gasteiger partial charge in [-0.3, -0.25) is 14.2 Å². The van der Waals surface area contributed by atoms with Crippen LogP contribution in [0, 0.1) is 25.2 Å². The number of fused-ring (bicyclic) bond motifs is 2. The minimum atomic E-state index is -0.0653. The van der Waals surface area contributed by atoms with Crippen molar-refractivity contribution in [1.82, 2.24) is 14.1 Å². The zero-order valence-electron chi connectivity index (χ0n) is 18.5. The van der Waals surface area contributed by atoms with Crippen LogP contribution in [-0.2, 0) is 6.54 Å². The van der Waals surface area contributed by atoms with E-state index in [1.807, 2.05) is 62.7 Å². The van der Waals surface area contributed by atoms with E-state index in [2.05, 4.69) is 6.07 Å². The highest BCUT2D eigenvalue weighted by atomic mass is 32.2. The maximum Gasteiger partial charge on any atom is 0.263 e. The molecule has 32 heavy (non-hydrogen) atoms. The Balaban J connectivity index is 1.69. The molecule has 0 aliphatic heterocycles. The van der Waals surface area contributed by atoms with Crippen LogP contribution in [0.5, 0.6) is 0 Å². The van der Waals surface area contributed by atoms with E-state index < -0.39 is 0 Å². The summed E-state index contributed by atoms with van der Waals surface area (Å²) in [5, 5.41) is 11.1. The summed E-state index contributed by atoms with van der Waals surface area (Å²) < 4.78 is 3.65. The topological polar surface area (TPSA) is 80.7 Å². The van der Waals surface area contributed by atoms with Crippen LogP contribution in [0.4, 0.5) is 0 Å². The third-order valence-electron chi connectivity index (χ3n) is 5.60. The molecule has 0 bridgehead atoms. The van der Waals surface area contributed by atoms with E-state index in [1.165, 1.54) is 23.1 Å². The Bertz CT molecular complexity index is 1440. The average molecular weight is 465 g/mol. The molecule has 0 fully saturated rings. The minimum absolute atomic E-state index is 0.0231. The Labute approximate surface area is 194 Å². The van der Waals surface area contributed by atoms with Gasteiger partial charge in [-0.15, -0.1) is 11.3 Å². The molecular weight excluding hydrogens is 440 g/mol. The van der Waals surface area contributed by atoms with Crippen LogP contribution in [-0.4, -0.2) is 25.7 Å². The van der Waals surface area contributed by atoms with Crippen LogP contribution in [0.1, 0.15) is 47.1 Å². The van der Waals surface area contributed by atoms with Gasteiger partial charge < -0.3 is 4.57 Å². The second-order valence-corrected chi connectivity index (χ2v) is 10.1. The number of thioether (sulfide) groups is 1. The maximum atomic E-state index is 13.2. The van der Waals surface area contributed by atoms with Gasteiger partial charge in [0, 0.05) is 40.1 Å². The average Bonchev–Trinajstić information content (AvgIpc) is 3.27. The van der Waals surface area contributed by atoms with Gasteiger partial charge in [-0.05, 0) is 39.3 Å². The molecule has 0 radical (unpaired) electrons. The largest absolute Gasteiger partial charge is 0.346 e. The van der Waals surface area contributed by atoms with Crippen LogP contribution in [0.3, 0.4) is 0 Å². The molecule has 3 heterocycles. The highest BCUT2D eigenvalue weighted by molar-refractivity contribution is 7.99. The number of para-hydroxylation sites is 1. The normalized spacial score (nSPS) is 11.5. The first-order chi connectivity index (χ1) is 15.3. The summed E-state index contributed by atoms with van der Waals surface area (Å²) in [5.74, 6) is 0.158.